The van der Waals surface area contributed by atoms with Gasteiger partial charge in [0.15, 0.2) is 6.10 Å². The molecule has 2 aromatic rings. The van der Waals surface area contributed by atoms with Crippen LogP contribution in [0.5, 0.6) is 5.75 Å². The Labute approximate surface area is 175 Å². The molecule has 0 saturated carbocycles. The lowest BCUT2D eigenvalue weighted by Crippen LogP contribution is -2.43. The van der Waals surface area contributed by atoms with Gasteiger partial charge in [0.1, 0.15) is 5.75 Å². The largest absolute Gasteiger partial charge is 0.481 e. The van der Waals surface area contributed by atoms with Gasteiger partial charge in [0.05, 0.1) is 5.56 Å². The number of ether oxygens (including phenoxy) is 1. The molecule has 0 radical (unpaired) electrons. The third-order valence-electron chi connectivity index (χ3n) is 4.70. The number of amides is 2. The smallest absolute Gasteiger partial charge is 0.263 e. The van der Waals surface area contributed by atoms with Gasteiger partial charge in [0.25, 0.3) is 11.8 Å². The summed E-state index contributed by atoms with van der Waals surface area (Å²) in [5.74, 6) is 0.464. The number of carbonyl (C=O) groups is 2. The normalized spacial score (nSPS) is 15.7. The van der Waals surface area contributed by atoms with Crippen LogP contribution >= 0.6 is 24.2 Å². The molecule has 0 aromatic heterocycles. The Hall–Kier alpha value is -2.18. The molecule has 3 rings (SSSR count). The minimum atomic E-state index is -0.610. The lowest BCUT2D eigenvalue weighted by atomic mass is 10.2. The zero-order valence-electron chi connectivity index (χ0n) is 15.7. The van der Waals surface area contributed by atoms with Gasteiger partial charge in [-0.1, -0.05) is 23.7 Å². The van der Waals surface area contributed by atoms with E-state index in [1.165, 1.54) is 0 Å². The highest BCUT2D eigenvalue weighted by molar-refractivity contribution is 7.80. The Balaban J connectivity index is 1.59. The highest BCUT2D eigenvalue weighted by atomic mass is 35.5. The van der Waals surface area contributed by atoms with Gasteiger partial charge in [-0.25, -0.2) is 0 Å². The lowest BCUT2D eigenvalue weighted by molar-refractivity contribution is -0.137. The Bertz CT molecular complexity index is 844. The highest BCUT2D eigenvalue weighted by Crippen LogP contribution is 2.19. The molecule has 1 aliphatic heterocycles. The summed E-state index contributed by atoms with van der Waals surface area (Å²) in [6.45, 7) is 3.91. The third kappa shape index (κ3) is 5.00. The monoisotopic (exact) mass is 418 g/mol. The number of carbonyl (C=O) groups excluding carboxylic acids is 2. The van der Waals surface area contributed by atoms with Crippen LogP contribution in [-0.2, 0) is 4.79 Å². The third-order valence-corrected chi connectivity index (χ3v) is 5.35. The maximum absolute atomic E-state index is 12.8. The summed E-state index contributed by atoms with van der Waals surface area (Å²) in [4.78, 5) is 29.8. The summed E-state index contributed by atoms with van der Waals surface area (Å²) in [5, 5.41) is 0.617. The summed E-state index contributed by atoms with van der Waals surface area (Å²) in [5.41, 5.74) is 0.588. The number of hydrogen-bond acceptors (Lipinski definition) is 4. The van der Waals surface area contributed by atoms with E-state index in [4.69, 9.17) is 16.3 Å². The van der Waals surface area contributed by atoms with Gasteiger partial charge in [-0.05, 0) is 49.7 Å². The number of nitrogens with zero attached hydrogens (tertiary/aromatic N) is 2. The van der Waals surface area contributed by atoms with E-state index in [0.29, 0.717) is 47.4 Å². The second-order valence-electron chi connectivity index (χ2n) is 6.70. The SMILES string of the molecule is CC(Oc1ccc(Cl)cc1)C(=O)N1CCCN(C(=O)c2ccccc2S)CC1. The van der Waals surface area contributed by atoms with Crippen molar-refractivity contribution in [3.63, 3.8) is 0 Å². The van der Waals surface area contributed by atoms with E-state index in [2.05, 4.69) is 12.6 Å². The van der Waals surface area contributed by atoms with E-state index in [9.17, 15) is 9.59 Å². The first-order valence-corrected chi connectivity index (χ1v) is 10.1. The zero-order valence-corrected chi connectivity index (χ0v) is 17.3. The van der Waals surface area contributed by atoms with Crippen molar-refractivity contribution in [3.8, 4) is 5.75 Å². The quantitative estimate of drug-likeness (QED) is 0.769. The fourth-order valence-corrected chi connectivity index (χ4v) is 3.57. The van der Waals surface area contributed by atoms with Gasteiger partial charge >= 0.3 is 0 Å². The van der Waals surface area contributed by atoms with Crippen LogP contribution in [-0.4, -0.2) is 53.9 Å². The molecule has 28 heavy (non-hydrogen) atoms. The summed E-state index contributed by atoms with van der Waals surface area (Å²) in [6, 6.07) is 14.2. The summed E-state index contributed by atoms with van der Waals surface area (Å²) in [6.07, 6.45) is 0.112. The summed E-state index contributed by atoms with van der Waals surface area (Å²) < 4.78 is 5.74. The molecule has 0 aliphatic carbocycles. The average Bonchev–Trinajstić information content (AvgIpc) is 2.95. The summed E-state index contributed by atoms with van der Waals surface area (Å²) >= 11 is 10.3. The second kappa shape index (κ2) is 9.34. The molecule has 0 bridgehead atoms. The first-order valence-electron chi connectivity index (χ1n) is 9.24. The number of halogens is 1. The van der Waals surface area contributed by atoms with Crippen molar-refractivity contribution < 1.29 is 14.3 Å². The Morgan fingerprint density at radius 2 is 1.64 bits per heavy atom. The molecule has 1 atom stereocenters. The molecule has 7 heteroatoms. The van der Waals surface area contributed by atoms with Crippen molar-refractivity contribution in [2.45, 2.75) is 24.3 Å². The van der Waals surface area contributed by atoms with Gasteiger partial charge in [-0.15, -0.1) is 12.6 Å². The average molecular weight is 419 g/mol. The maximum atomic E-state index is 12.8. The molecule has 1 unspecified atom stereocenters. The summed E-state index contributed by atoms with van der Waals surface area (Å²) in [7, 11) is 0. The Kier molecular flexibility index (Phi) is 6.86. The molecule has 1 fully saturated rings. The molecule has 1 heterocycles. The predicted octanol–water partition coefficient (Wildman–Crippen LogP) is 3.77. The van der Waals surface area contributed by atoms with Crippen LogP contribution in [0.2, 0.25) is 5.02 Å². The van der Waals surface area contributed by atoms with Gasteiger partial charge in [0.2, 0.25) is 0 Å². The first kappa shape index (κ1) is 20.6. The molecule has 2 amide bonds. The lowest BCUT2D eigenvalue weighted by Gasteiger charge is -2.25. The first-order chi connectivity index (χ1) is 13.5. The van der Waals surface area contributed by atoms with E-state index in [1.54, 1.807) is 53.1 Å². The van der Waals surface area contributed by atoms with Crippen molar-refractivity contribution in [1.82, 2.24) is 9.80 Å². The van der Waals surface area contributed by atoms with Gasteiger partial charge in [-0.2, -0.15) is 0 Å². The van der Waals surface area contributed by atoms with Crippen LogP contribution in [0.15, 0.2) is 53.4 Å². The molecule has 2 aromatic carbocycles. The Morgan fingerprint density at radius 1 is 1.00 bits per heavy atom. The van der Waals surface area contributed by atoms with Crippen molar-refractivity contribution in [3.05, 3.63) is 59.1 Å². The maximum Gasteiger partial charge on any atom is 0.263 e. The van der Waals surface area contributed by atoms with Crippen molar-refractivity contribution in [1.29, 1.82) is 0 Å². The number of rotatable bonds is 4. The minimum absolute atomic E-state index is 0.0506. The van der Waals surface area contributed by atoms with Crippen LogP contribution in [0.25, 0.3) is 0 Å². The molecule has 0 N–H and O–H groups in total. The van der Waals surface area contributed by atoms with Crippen LogP contribution in [0.4, 0.5) is 0 Å². The molecule has 1 saturated heterocycles. The highest BCUT2D eigenvalue weighted by Gasteiger charge is 2.27. The Morgan fingerprint density at radius 3 is 2.36 bits per heavy atom. The van der Waals surface area contributed by atoms with Crippen molar-refractivity contribution >= 4 is 36.0 Å². The van der Waals surface area contributed by atoms with E-state index < -0.39 is 6.10 Å². The fraction of sp³-hybridized carbons (Fsp3) is 0.333. The zero-order chi connectivity index (χ0) is 20.1. The van der Waals surface area contributed by atoms with E-state index in [1.807, 2.05) is 12.1 Å². The molecule has 0 spiro atoms. The van der Waals surface area contributed by atoms with Gasteiger partial charge in [-0.3, -0.25) is 9.59 Å². The topological polar surface area (TPSA) is 49.9 Å². The predicted molar refractivity (Wildman–Crippen MR) is 112 cm³/mol. The number of thiol groups is 1. The molecular formula is C21H23ClN2O3S. The van der Waals surface area contributed by atoms with E-state index >= 15 is 0 Å². The van der Waals surface area contributed by atoms with Crippen LogP contribution < -0.4 is 4.74 Å². The van der Waals surface area contributed by atoms with E-state index in [0.717, 1.165) is 6.42 Å². The number of benzene rings is 2. The van der Waals surface area contributed by atoms with Crippen LogP contribution in [0.3, 0.4) is 0 Å². The van der Waals surface area contributed by atoms with E-state index in [-0.39, 0.29) is 11.8 Å². The molecule has 5 nitrogen and oxygen atoms in total. The minimum Gasteiger partial charge on any atom is -0.481 e. The molecule has 1 aliphatic rings. The fourth-order valence-electron chi connectivity index (χ4n) is 3.19. The van der Waals surface area contributed by atoms with Crippen LogP contribution in [0.1, 0.15) is 23.7 Å². The standard InChI is InChI=1S/C21H23ClN2O3S/c1-15(27-17-9-7-16(22)8-10-17)20(25)23-11-4-12-24(14-13-23)21(26)18-5-2-3-6-19(18)28/h2-3,5-10,15,28H,4,11-14H2,1H3. The van der Waals surface area contributed by atoms with Crippen LogP contribution in [0, 0.1) is 0 Å². The van der Waals surface area contributed by atoms with Gasteiger partial charge < -0.3 is 14.5 Å². The second-order valence-corrected chi connectivity index (χ2v) is 7.62. The molecular weight excluding hydrogens is 396 g/mol. The number of hydrogen-bond donors (Lipinski definition) is 1. The van der Waals surface area contributed by atoms with Crippen molar-refractivity contribution in [2.24, 2.45) is 0 Å². The molecule has 148 valence electrons. The van der Waals surface area contributed by atoms with Crippen molar-refractivity contribution in [2.75, 3.05) is 26.2 Å². The van der Waals surface area contributed by atoms with Gasteiger partial charge in [0, 0.05) is 36.1 Å².